The van der Waals surface area contributed by atoms with Crippen LogP contribution in [0.2, 0.25) is 0 Å². The number of nitrogens with zero attached hydrogens (tertiary/aromatic N) is 2. The van der Waals surface area contributed by atoms with Crippen LogP contribution >= 0.6 is 0 Å². The third-order valence-corrected chi connectivity index (χ3v) is 3.42. The largest absolute Gasteiger partial charge is 0.337 e. The number of carbonyl (C=O) groups excluding carboxylic acids is 1. The first-order valence-electron chi connectivity index (χ1n) is 5.57. The zero-order chi connectivity index (χ0) is 10.3. The summed E-state index contributed by atoms with van der Waals surface area (Å²) in [5.74, 6) is 0.847. The first-order chi connectivity index (χ1) is 6.58. The molecule has 2 saturated heterocycles. The van der Waals surface area contributed by atoms with Gasteiger partial charge in [0, 0.05) is 31.6 Å². The summed E-state index contributed by atoms with van der Waals surface area (Å²) in [6, 6.07) is 1.15. The molecule has 0 N–H and O–H groups in total. The van der Waals surface area contributed by atoms with Crippen LogP contribution in [0.3, 0.4) is 0 Å². The number of hydrogen-bond donors (Lipinski definition) is 0. The van der Waals surface area contributed by atoms with Crippen molar-refractivity contribution in [2.24, 2.45) is 5.92 Å². The van der Waals surface area contributed by atoms with E-state index in [1.807, 2.05) is 0 Å². The van der Waals surface area contributed by atoms with Gasteiger partial charge in [0.2, 0.25) is 5.91 Å². The van der Waals surface area contributed by atoms with E-state index in [2.05, 4.69) is 30.7 Å². The maximum absolute atomic E-state index is 11.9. The molecule has 0 radical (unpaired) electrons. The van der Waals surface area contributed by atoms with Crippen molar-refractivity contribution in [3.63, 3.8) is 0 Å². The number of fused-ring (bicyclic) bond motifs is 2. The highest BCUT2D eigenvalue weighted by Gasteiger charge is 2.43. The Morgan fingerprint density at radius 3 is 2.50 bits per heavy atom. The highest BCUT2D eigenvalue weighted by Crippen LogP contribution is 2.30. The molecule has 2 heterocycles. The van der Waals surface area contributed by atoms with E-state index in [-0.39, 0.29) is 0 Å². The van der Waals surface area contributed by atoms with Gasteiger partial charge in [0.25, 0.3) is 0 Å². The standard InChI is InChI=1S/C11H20N2O/c1-8(2)4-11(14)13-7-9-5-10(13)6-12(9)3/h8-10H,4-7H2,1-3H3/t9-,10-/m0/s1. The van der Waals surface area contributed by atoms with E-state index < -0.39 is 0 Å². The molecule has 2 aliphatic rings. The zero-order valence-corrected chi connectivity index (χ0v) is 9.36. The summed E-state index contributed by atoms with van der Waals surface area (Å²) >= 11 is 0. The van der Waals surface area contributed by atoms with Crippen molar-refractivity contribution in [2.75, 3.05) is 20.1 Å². The molecule has 2 fully saturated rings. The van der Waals surface area contributed by atoms with Gasteiger partial charge in [0.1, 0.15) is 0 Å². The second-order valence-electron chi connectivity index (χ2n) is 5.13. The summed E-state index contributed by atoms with van der Waals surface area (Å²) in [7, 11) is 2.16. The van der Waals surface area contributed by atoms with Gasteiger partial charge in [-0.1, -0.05) is 13.8 Å². The Bertz CT molecular complexity index is 237. The molecule has 1 amide bonds. The molecule has 2 bridgehead atoms. The number of rotatable bonds is 2. The Balaban J connectivity index is 1.93. The Morgan fingerprint density at radius 2 is 2.07 bits per heavy atom. The third kappa shape index (κ3) is 1.65. The fourth-order valence-corrected chi connectivity index (χ4v) is 2.64. The number of likely N-dealkylation sites (N-methyl/N-ethyl adjacent to an activating group) is 1. The number of amides is 1. The van der Waals surface area contributed by atoms with Gasteiger partial charge in [0.05, 0.1) is 0 Å². The molecule has 0 aromatic carbocycles. The molecular formula is C11H20N2O. The number of likely N-dealkylation sites (tertiary alicyclic amines) is 2. The average molecular weight is 196 g/mol. The molecule has 14 heavy (non-hydrogen) atoms. The van der Waals surface area contributed by atoms with Crippen molar-refractivity contribution in [3.8, 4) is 0 Å². The minimum atomic E-state index is 0.362. The lowest BCUT2D eigenvalue weighted by atomic mass is 10.1. The lowest BCUT2D eigenvalue weighted by molar-refractivity contribution is -0.134. The predicted molar refractivity (Wildman–Crippen MR) is 56.0 cm³/mol. The maximum Gasteiger partial charge on any atom is 0.223 e. The first-order valence-corrected chi connectivity index (χ1v) is 5.57. The molecule has 0 unspecified atom stereocenters. The van der Waals surface area contributed by atoms with Crippen LogP contribution in [0.4, 0.5) is 0 Å². The van der Waals surface area contributed by atoms with Crippen LogP contribution in [0, 0.1) is 5.92 Å². The van der Waals surface area contributed by atoms with Gasteiger partial charge in [-0.15, -0.1) is 0 Å². The molecule has 80 valence electrons. The molecule has 3 heteroatoms. The molecule has 0 aromatic heterocycles. The maximum atomic E-state index is 11.9. The summed E-state index contributed by atoms with van der Waals surface area (Å²) in [6.07, 6.45) is 1.91. The van der Waals surface area contributed by atoms with Gasteiger partial charge in [-0.05, 0) is 19.4 Å². The summed E-state index contributed by atoms with van der Waals surface area (Å²) in [5, 5.41) is 0. The van der Waals surface area contributed by atoms with Crippen molar-refractivity contribution in [1.82, 2.24) is 9.80 Å². The van der Waals surface area contributed by atoms with Crippen LogP contribution in [0.5, 0.6) is 0 Å². The van der Waals surface area contributed by atoms with Crippen molar-refractivity contribution >= 4 is 5.91 Å². The van der Waals surface area contributed by atoms with Gasteiger partial charge in [-0.3, -0.25) is 9.69 Å². The fourth-order valence-electron chi connectivity index (χ4n) is 2.64. The topological polar surface area (TPSA) is 23.6 Å². The zero-order valence-electron chi connectivity index (χ0n) is 9.36. The number of piperazine rings is 1. The normalized spacial score (nSPS) is 31.9. The Labute approximate surface area is 86.1 Å². The minimum Gasteiger partial charge on any atom is -0.337 e. The lowest BCUT2D eigenvalue weighted by Crippen LogP contribution is -2.47. The third-order valence-electron chi connectivity index (χ3n) is 3.42. The van der Waals surface area contributed by atoms with Crippen LogP contribution in [0.1, 0.15) is 26.7 Å². The molecule has 0 saturated carbocycles. The van der Waals surface area contributed by atoms with Crippen molar-refractivity contribution in [2.45, 2.75) is 38.8 Å². The van der Waals surface area contributed by atoms with Gasteiger partial charge in [0.15, 0.2) is 0 Å². The summed E-state index contributed by atoms with van der Waals surface area (Å²) in [6.45, 7) is 6.26. The highest BCUT2D eigenvalue weighted by molar-refractivity contribution is 5.77. The molecular weight excluding hydrogens is 176 g/mol. The van der Waals surface area contributed by atoms with Crippen LogP contribution in [0.25, 0.3) is 0 Å². The van der Waals surface area contributed by atoms with E-state index in [1.54, 1.807) is 0 Å². The summed E-state index contributed by atoms with van der Waals surface area (Å²) < 4.78 is 0. The lowest BCUT2D eigenvalue weighted by Gasteiger charge is -2.32. The highest BCUT2D eigenvalue weighted by atomic mass is 16.2. The van der Waals surface area contributed by atoms with E-state index in [0.29, 0.717) is 30.3 Å². The van der Waals surface area contributed by atoms with Gasteiger partial charge in [-0.2, -0.15) is 0 Å². The Kier molecular flexibility index (Phi) is 2.52. The molecule has 2 atom stereocenters. The Morgan fingerprint density at radius 1 is 1.36 bits per heavy atom. The SMILES string of the molecule is CC(C)CC(=O)N1C[C@@H]2C[C@H]1CN2C. The molecule has 0 aliphatic carbocycles. The molecule has 3 nitrogen and oxygen atoms in total. The minimum absolute atomic E-state index is 0.362. The average Bonchev–Trinajstić information content (AvgIpc) is 2.60. The van der Waals surface area contributed by atoms with Gasteiger partial charge >= 0.3 is 0 Å². The van der Waals surface area contributed by atoms with Gasteiger partial charge < -0.3 is 4.90 Å². The summed E-state index contributed by atoms with van der Waals surface area (Å²) in [5.41, 5.74) is 0. The van der Waals surface area contributed by atoms with Crippen molar-refractivity contribution < 1.29 is 4.79 Å². The van der Waals surface area contributed by atoms with Crippen LogP contribution in [-0.2, 0) is 4.79 Å². The van der Waals surface area contributed by atoms with E-state index in [4.69, 9.17) is 0 Å². The molecule has 0 spiro atoms. The summed E-state index contributed by atoms with van der Waals surface area (Å²) in [4.78, 5) is 16.3. The van der Waals surface area contributed by atoms with Crippen LogP contribution < -0.4 is 0 Å². The van der Waals surface area contributed by atoms with E-state index >= 15 is 0 Å². The van der Waals surface area contributed by atoms with Crippen molar-refractivity contribution in [3.05, 3.63) is 0 Å². The van der Waals surface area contributed by atoms with E-state index in [0.717, 1.165) is 13.1 Å². The quantitative estimate of drug-likeness (QED) is 0.656. The van der Waals surface area contributed by atoms with Crippen LogP contribution in [-0.4, -0.2) is 47.9 Å². The first kappa shape index (κ1) is 9.97. The molecule has 0 aromatic rings. The second-order valence-corrected chi connectivity index (χ2v) is 5.13. The smallest absolute Gasteiger partial charge is 0.223 e. The van der Waals surface area contributed by atoms with E-state index in [1.165, 1.54) is 6.42 Å². The van der Waals surface area contributed by atoms with Crippen LogP contribution in [0.15, 0.2) is 0 Å². The van der Waals surface area contributed by atoms with E-state index in [9.17, 15) is 4.79 Å². The Hall–Kier alpha value is -0.570. The number of carbonyl (C=O) groups is 1. The van der Waals surface area contributed by atoms with Gasteiger partial charge in [-0.25, -0.2) is 0 Å². The van der Waals surface area contributed by atoms with Crippen molar-refractivity contribution in [1.29, 1.82) is 0 Å². The number of hydrogen-bond acceptors (Lipinski definition) is 2. The second kappa shape index (κ2) is 3.54. The molecule has 2 rings (SSSR count). The molecule has 2 aliphatic heterocycles. The monoisotopic (exact) mass is 196 g/mol. The fraction of sp³-hybridized carbons (Fsp3) is 0.909. The predicted octanol–water partition coefficient (Wildman–Crippen LogP) is 0.947.